The third-order valence-corrected chi connectivity index (χ3v) is 6.88. The molecule has 1 saturated heterocycles. The number of hydrogen-bond acceptors (Lipinski definition) is 4. The average molecular weight is 540 g/mol. The largest absolute Gasteiger partial charge is 0.393 e. The van der Waals surface area contributed by atoms with Crippen molar-refractivity contribution < 1.29 is 27.9 Å². The van der Waals surface area contributed by atoms with Gasteiger partial charge in [0.2, 0.25) is 12.3 Å². The molecule has 1 saturated carbocycles. The summed E-state index contributed by atoms with van der Waals surface area (Å²) in [6.07, 6.45) is 2.63. The highest BCUT2D eigenvalue weighted by molar-refractivity contribution is 6.30. The molecule has 0 spiro atoms. The van der Waals surface area contributed by atoms with Gasteiger partial charge in [-0.3, -0.25) is 9.59 Å². The van der Waals surface area contributed by atoms with Crippen molar-refractivity contribution in [1.29, 1.82) is 0 Å². The van der Waals surface area contributed by atoms with Gasteiger partial charge in [0.1, 0.15) is 5.82 Å². The standard InChI is InChI=1S/C22H24ClF3N2O.C5H9NO2/c1-22(2,3)10-18-19(21(29)28-12-7-8-16(24)17(25)9-12)14(11-27-18)13-5-4-6-15(23)20(13)26;7-3-6-4-1-5(8)2-4/h4-9,14,18-19,27H,10-11H2,1-3H3,(H,28,29);3-5,8H,1-2H2,(H,6,7). The SMILES string of the molecule is CC(C)(C)CC1NCC(c2cccc(Cl)c2F)C1C(=O)Nc1ccc(F)c(F)c1.O=CNC1CC(O)C1. The maximum atomic E-state index is 14.7. The Morgan fingerprint density at radius 1 is 1.16 bits per heavy atom. The number of carbonyl (C=O) groups excluding carboxylic acids is 2. The van der Waals surface area contributed by atoms with Gasteiger partial charge in [0.15, 0.2) is 11.6 Å². The molecular weight excluding hydrogens is 507 g/mol. The lowest BCUT2D eigenvalue weighted by atomic mass is 9.78. The summed E-state index contributed by atoms with van der Waals surface area (Å²) in [5.41, 5.74) is 0.451. The molecule has 2 fully saturated rings. The minimum atomic E-state index is -1.05. The van der Waals surface area contributed by atoms with Crippen LogP contribution in [0.1, 0.15) is 51.5 Å². The fraction of sp³-hybridized carbons (Fsp3) is 0.481. The number of halogens is 4. The number of rotatable bonds is 6. The molecule has 0 aromatic heterocycles. The summed E-state index contributed by atoms with van der Waals surface area (Å²) < 4.78 is 41.4. The molecule has 202 valence electrons. The average Bonchev–Trinajstić information content (AvgIpc) is 3.19. The van der Waals surface area contributed by atoms with E-state index in [4.69, 9.17) is 16.7 Å². The Hall–Kier alpha value is -2.62. The Morgan fingerprint density at radius 3 is 2.46 bits per heavy atom. The topological polar surface area (TPSA) is 90.5 Å². The van der Waals surface area contributed by atoms with E-state index in [0.29, 0.717) is 24.9 Å². The van der Waals surface area contributed by atoms with Crippen molar-refractivity contribution >= 4 is 29.6 Å². The van der Waals surface area contributed by atoms with Crippen molar-refractivity contribution in [3.63, 3.8) is 0 Å². The van der Waals surface area contributed by atoms with Crippen molar-refractivity contribution in [1.82, 2.24) is 10.6 Å². The van der Waals surface area contributed by atoms with E-state index in [2.05, 4.69) is 36.7 Å². The van der Waals surface area contributed by atoms with Crippen molar-refractivity contribution in [3.8, 4) is 0 Å². The first-order chi connectivity index (χ1) is 17.4. The fourth-order valence-corrected chi connectivity index (χ4v) is 4.95. The summed E-state index contributed by atoms with van der Waals surface area (Å²) in [6, 6.07) is 7.97. The quantitative estimate of drug-likeness (QED) is 0.398. The maximum Gasteiger partial charge on any atom is 0.229 e. The molecule has 2 aliphatic rings. The molecule has 37 heavy (non-hydrogen) atoms. The van der Waals surface area contributed by atoms with E-state index < -0.39 is 29.3 Å². The molecule has 10 heteroatoms. The fourth-order valence-electron chi connectivity index (χ4n) is 4.77. The van der Waals surface area contributed by atoms with Crippen LogP contribution in [0.25, 0.3) is 0 Å². The van der Waals surface area contributed by atoms with E-state index in [1.54, 1.807) is 12.1 Å². The van der Waals surface area contributed by atoms with Gasteiger partial charge >= 0.3 is 0 Å². The van der Waals surface area contributed by atoms with Crippen LogP contribution in [0.3, 0.4) is 0 Å². The third kappa shape index (κ3) is 7.69. The molecule has 2 aromatic rings. The molecule has 1 aliphatic heterocycles. The van der Waals surface area contributed by atoms with Crippen LogP contribution in [0, 0.1) is 28.8 Å². The molecule has 4 N–H and O–H groups in total. The van der Waals surface area contributed by atoms with E-state index in [1.165, 1.54) is 12.1 Å². The van der Waals surface area contributed by atoms with Gasteiger partial charge in [-0.05, 0) is 48.4 Å². The molecule has 0 radical (unpaired) electrons. The summed E-state index contributed by atoms with van der Waals surface area (Å²) in [7, 11) is 0. The molecule has 1 aliphatic carbocycles. The van der Waals surface area contributed by atoms with Crippen LogP contribution < -0.4 is 16.0 Å². The summed E-state index contributed by atoms with van der Waals surface area (Å²) in [4.78, 5) is 22.9. The number of aliphatic hydroxyl groups is 1. The molecule has 3 unspecified atom stereocenters. The minimum absolute atomic E-state index is 0.00142. The minimum Gasteiger partial charge on any atom is -0.393 e. The molecule has 6 nitrogen and oxygen atoms in total. The van der Waals surface area contributed by atoms with Crippen LogP contribution in [-0.2, 0) is 9.59 Å². The number of amides is 2. The van der Waals surface area contributed by atoms with E-state index in [9.17, 15) is 22.8 Å². The lowest BCUT2D eigenvalue weighted by Gasteiger charge is -2.30. The Bertz CT molecular complexity index is 1110. The van der Waals surface area contributed by atoms with Gasteiger partial charge in [0, 0.05) is 36.3 Å². The molecular formula is C27H33ClF3N3O3. The van der Waals surface area contributed by atoms with Crippen molar-refractivity contribution in [2.75, 3.05) is 11.9 Å². The van der Waals surface area contributed by atoms with E-state index >= 15 is 0 Å². The lowest BCUT2D eigenvalue weighted by molar-refractivity contribution is -0.120. The molecule has 1 heterocycles. The van der Waals surface area contributed by atoms with E-state index in [1.807, 2.05) is 0 Å². The van der Waals surface area contributed by atoms with Gasteiger partial charge in [0.05, 0.1) is 17.0 Å². The number of nitrogens with one attached hydrogen (secondary N) is 3. The highest BCUT2D eigenvalue weighted by atomic mass is 35.5. The van der Waals surface area contributed by atoms with Crippen molar-refractivity contribution in [2.24, 2.45) is 11.3 Å². The predicted octanol–water partition coefficient (Wildman–Crippen LogP) is 4.76. The zero-order valence-corrected chi connectivity index (χ0v) is 21.8. The molecule has 2 amide bonds. The second-order valence-electron chi connectivity index (χ2n) is 10.8. The number of aliphatic hydroxyl groups excluding tert-OH is 1. The summed E-state index contributed by atoms with van der Waals surface area (Å²) in [6.45, 7) is 6.60. The Balaban J connectivity index is 0.000000405. The zero-order chi connectivity index (χ0) is 27.3. The maximum absolute atomic E-state index is 14.7. The number of benzene rings is 2. The second kappa shape index (κ2) is 12.3. The second-order valence-corrected chi connectivity index (χ2v) is 11.2. The van der Waals surface area contributed by atoms with Gasteiger partial charge in [-0.15, -0.1) is 0 Å². The number of carbonyl (C=O) groups is 2. The number of hydrogen-bond donors (Lipinski definition) is 4. The Kier molecular flexibility index (Phi) is 9.61. The van der Waals surface area contributed by atoms with Crippen LogP contribution in [0.2, 0.25) is 5.02 Å². The van der Waals surface area contributed by atoms with E-state index in [-0.39, 0.29) is 40.2 Å². The smallest absolute Gasteiger partial charge is 0.229 e. The van der Waals surface area contributed by atoms with E-state index in [0.717, 1.165) is 25.0 Å². The Morgan fingerprint density at radius 2 is 1.86 bits per heavy atom. The lowest BCUT2D eigenvalue weighted by Crippen LogP contribution is -2.43. The Labute approximate surface area is 220 Å². The normalized spacial score (nSPS) is 24.9. The van der Waals surface area contributed by atoms with Crippen LogP contribution >= 0.6 is 11.6 Å². The first-order valence-electron chi connectivity index (χ1n) is 12.2. The number of anilines is 1. The first-order valence-corrected chi connectivity index (χ1v) is 12.6. The molecule has 3 atom stereocenters. The van der Waals surface area contributed by atoms with Crippen molar-refractivity contribution in [3.05, 3.63) is 64.4 Å². The molecule has 0 bridgehead atoms. The van der Waals surface area contributed by atoms with Gasteiger partial charge < -0.3 is 21.1 Å². The molecule has 2 aromatic carbocycles. The predicted molar refractivity (Wildman–Crippen MR) is 137 cm³/mol. The summed E-state index contributed by atoms with van der Waals surface area (Å²) >= 11 is 5.95. The van der Waals surface area contributed by atoms with Crippen molar-refractivity contribution in [2.45, 2.75) is 64.1 Å². The van der Waals surface area contributed by atoms with Gasteiger partial charge in [-0.1, -0.05) is 44.5 Å². The molecule has 4 rings (SSSR count). The van der Waals surface area contributed by atoms with Crippen LogP contribution in [-0.4, -0.2) is 42.2 Å². The van der Waals surface area contributed by atoms with Gasteiger partial charge in [0.25, 0.3) is 0 Å². The van der Waals surface area contributed by atoms with Crippen LogP contribution in [0.5, 0.6) is 0 Å². The highest BCUT2D eigenvalue weighted by Gasteiger charge is 2.44. The highest BCUT2D eigenvalue weighted by Crippen LogP contribution is 2.39. The third-order valence-electron chi connectivity index (χ3n) is 6.59. The monoisotopic (exact) mass is 539 g/mol. The summed E-state index contributed by atoms with van der Waals surface area (Å²) in [5.74, 6) is -3.99. The van der Waals surface area contributed by atoms with Gasteiger partial charge in [-0.25, -0.2) is 13.2 Å². The zero-order valence-electron chi connectivity index (χ0n) is 21.0. The summed E-state index contributed by atoms with van der Waals surface area (Å²) in [5, 5.41) is 17.3. The van der Waals surface area contributed by atoms with Crippen LogP contribution in [0.4, 0.5) is 18.9 Å². The van der Waals surface area contributed by atoms with Crippen LogP contribution in [0.15, 0.2) is 36.4 Å². The van der Waals surface area contributed by atoms with Gasteiger partial charge in [-0.2, -0.15) is 0 Å². The first kappa shape index (κ1) is 28.9.